The number of hydrogen-bond acceptors (Lipinski definition) is 2. The highest BCUT2D eigenvalue weighted by molar-refractivity contribution is 5.80. The number of rotatable bonds is 3. The zero-order chi connectivity index (χ0) is 8.55. The zero-order valence-electron chi connectivity index (χ0n) is 7.55. The van der Waals surface area contributed by atoms with Gasteiger partial charge in [-0.05, 0) is 25.2 Å². The molecule has 0 aromatic rings. The van der Waals surface area contributed by atoms with E-state index in [0.29, 0.717) is 12.7 Å². The number of carbonyl (C=O) groups is 1. The lowest BCUT2D eigenvalue weighted by molar-refractivity contribution is -0.128. The van der Waals surface area contributed by atoms with E-state index in [1.807, 2.05) is 4.90 Å². The number of hydrogen-bond donors (Lipinski definition) is 1. The Morgan fingerprint density at radius 1 is 1.58 bits per heavy atom. The van der Waals surface area contributed by atoms with E-state index in [2.05, 4.69) is 12.2 Å². The molecule has 1 atom stereocenters. The van der Waals surface area contributed by atoms with Crippen LogP contribution in [-0.4, -0.2) is 30.1 Å². The van der Waals surface area contributed by atoms with Crippen LogP contribution in [0.3, 0.4) is 0 Å². The van der Waals surface area contributed by atoms with E-state index in [0.717, 1.165) is 18.9 Å². The van der Waals surface area contributed by atoms with E-state index in [1.54, 1.807) is 0 Å². The van der Waals surface area contributed by atoms with Crippen LogP contribution < -0.4 is 5.32 Å². The van der Waals surface area contributed by atoms with E-state index in [1.165, 1.54) is 12.8 Å². The first-order chi connectivity index (χ1) is 5.83. The van der Waals surface area contributed by atoms with E-state index in [4.69, 9.17) is 0 Å². The predicted octanol–water partition coefficient (Wildman–Crippen LogP) is 0.564. The van der Waals surface area contributed by atoms with Crippen molar-refractivity contribution in [2.45, 2.75) is 32.4 Å². The molecular formula is C9H16N2O. The normalized spacial score (nSPS) is 29.9. The van der Waals surface area contributed by atoms with E-state index >= 15 is 0 Å². The minimum absolute atomic E-state index is 0.286. The van der Waals surface area contributed by atoms with Gasteiger partial charge in [0.15, 0.2) is 0 Å². The molecule has 12 heavy (non-hydrogen) atoms. The van der Waals surface area contributed by atoms with Crippen molar-refractivity contribution in [2.24, 2.45) is 5.92 Å². The molecule has 2 rings (SSSR count). The van der Waals surface area contributed by atoms with Crippen molar-refractivity contribution in [3.8, 4) is 0 Å². The average molecular weight is 168 g/mol. The van der Waals surface area contributed by atoms with Crippen LogP contribution in [-0.2, 0) is 4.79 Å². The monoisotopic (exact) mass is 168 g/mol. The van der Waals surface area contributed by atoms with Crippen molar-refractivity contribution in [3.63, 3.8) is 0 Å². The van der Waals surface area contributed by atoms with Gasteiger partial charge in [-0.1, -0.05) is 6.92 Å². The highest BCUT2D eigenvalue weighted by Crippen LogP contribution is 2.35. The molecule has 1 N–H and O–H groups in total. The molecular weight excluding hydrogens is 152 g/mol. The molecule has 0 radical (unpaired) electrons. The van der Waals surface area contributed by atoms with Crippen LogP contribution in [0.5, 0.6) is 0 Å². The van der Waals surface area contributed by atoms with Crippen LogP contribution in [0.4, 0.5) is 0 Å². The van der Waals surface area contributed by atoms with Crippen molar-refractivity contribution in [1.82, 2.24) is 10.2 Å². The van der Waals surface area contributed by atoms with Crippen LogP contribution in [0.25, 0.3) is 0 Å². The molecule has 0 aromatic carbocycles. The number of carbonyl (C=O) groups excluding carboxylic acids is 1. The van der Waals surface area contributed by atoms with Crippen LogP contribution in [0.1, 0.15) is 26.2 Å². The maximum atomic E-state index is 11.4. The number of amides is 1. The molecule has 1 aliphatic carbocycles. The molecule has 3 nitrogen and oxygen atoms in total. The lowest BCUT2D eigenvalue weighted by Crippen LogP contribution is -2.39. The summed E-state index contributed by atoms with van der Waals surface area (Å²) in [6.45, 7) is 3.60. The Hall–Kier alpha value is -0.570. The summed E-state index contributed by atoms with van der Waals surface area (Å²) < 4.78 is 0. The SMILES string of the molecule is CCCN1C(=O)CNC1C1CC1. The zero-order valence-corrected chi connectivity index (χ0v) is 7.55. The van der Waals surface area contributed by atoms with Gasteiger partial charge in [-0.3, -0.25) is 10.1 Å². The quantitative estimate of drug-likeness (QED) is 0.668. The van der Waals surface area contributed by atoms with Gasteiger partial charge in [-0.25, -0.2) is 0 Å². The number of nitrogens with zero attached hydrogens (tertiary/aromatic N) is 1. The fourth-order valence-electron chi connectivity index (χ4n) is 1.90. The van der Waals surface area contributed by atoms with Crippen LogP contribution in [0.15, 0.2) is 0 Å². The second-order valence-electron chi connectivity index (χ2n) is 3.75. The Kier molecular flexibility index (Phi) is 2.05. The van der Waals surface area contributed by atoms with Crippen LogP contribution in [0.2, 0.25) is 0 Å². The lowest BCUT2D eigenvalue weighted by atomic mass is 10.3. The average Bonchev–Trinajstić information content (AvgIpc) is 2.82. The molecule has 1 heterocycles. The standard InChI is InChI=1S/C9H16N2O/c1-2-5-11-8(12)6-10-9(11)7-3-4-7/h7,9-10H,2-6H2,1H3. The Morgan fingerprint density at radius 3 is 2.92 bits per heavy atom. The molecule has 1 aliphatic heterocycles. The van der Waals surface area contributed by atoms with Gasteiger partial charge < -0.3 is 4.90 Å². The lowest BCUT2D eigenvalue weighted by Gasteiger charge is -2.23. The van der Waals surface area contributed by atoms with E-state index in [9.17, 15) is 4.79 Å². The summed E-state index contributed by atoms with van der Waals surface area (Å²) in [5.41, 5.74) is 0. The molecule has 1 unspecified atom stereocenters. The van der Waals surface area contributed by atoms with Crippen molar-refractivity contribution < 1.29 is 4.79 Å². The third-order valence-corrected chi connectivity index (χ3v) is 2.65. The first kappa shape index (κ1) is 8.05. The van der Waals surface area contributed by atoms with Gasteiger partial charge in [0.05, 0.1) is 12.7 Å². The highest BCUT2D eigenvalue weighted by atomic mass is 16.2. The summed E-state index contributed by atoms with van der Waals surface area (Å²) in [5.74, 6) is 1.04. The molecule has 0 spiro atoms. The van der Waals surface area contributed by atoms with Gasteiger partial charge in [0, 0.05) is 6.54 Å². The molecule has 68 valence electrons. The Morgan fingerprint density at radius 2 is 2.33 bits per heavy atom. The predicted molar refractivity (Wildman–Crippen MR) is 46.5 cm³/mol. The number of nitrogens with one attached hydrogen (secondary N) is 1. The topological polar surface area (TPSA) is 32.3 Å². The molecule has 2 fully saturated rings. The molecule has 0 aromatic heterocycles. The van der Waals surface area contributed by atoms with Gasteiger partial charge in [-0.15, -0.1) is 0 Å². The summed E-state index contributed by atoms with van der Waals surface area (Å²) in [4.78, 5) is 13.4. The summed E-state index contributed by atoms with van der Waals surface area (Å²) in [6, 6.07) is 0. The Balaban J connectivity index is 1.98. The summed E-state index contributed by atoms with van der Waals surface area (Å²) in [6.07, 6.45) is 4.03. The summed E-state index contributed by atoms with van der Waals surface area (Å²) in [7, 11) is 0. The summed E-state index contributed by atoms with van der Waals surface area (Å²) >= 11 is 0. The largest absolute Gasteiger partial charge is 0.326 e. The fourth-order valence-corrected chi connectivity index (χ4v) is 1.90. The van der Waals surface area contributed by atoms with Crippen LogP contribution >= 0.6 is 0 Å². The minimum atomic E-state index is 0.286. The molecule has 0 bridgehead atoms. The first-order valence-corrected chi connectivity index (χ1v) is 4.85. The molecule has 3 heteroatoms. The first-order valence-electron chi connectivity index (χ1n) is 4.85. The third-order valence-electron chi connectivity index (χ3n) is 2.65. The van der Waals surface area contributed by atoms with Crippen LogP contribution in [0, 0.1) is 5.92 Å². The second kappa shape index (κ2) is 3.05. The highest BCUT2D eigenvalue weighted by Gasteiger charge is 2.40. The molecule has 1 saturated heterocycles. The second-order valence-corrected chi connectivity index (χ2v) is 3.75. The van der Waals surface area contributed by atoms with Crippen molar-refractivity contribution in [1.29, 1.82) is 0 Å². The molecule has 2 aliphatic rings. The van der Waals surface area contributed by atoms with Gasteiger partial charge in [0.2, 0.25) is 5.91 Å². The third kappa shape index (κ3) is 1.33. The summed E-state index contributed by atoms with van der Waals surface area (Å²) in [5, 5.41) is 3.28. The smallest absolute Gasteiger partial charge is 0.237 e. The fraction of sp³-hybridized carbons (Fsp3) is 0.889. The maximum Gasteiger partial charge on any atom is 0.237 e. The van der Waals surface area contributed by atoms with Crippen molar-refractivity contribution in [3.05, 3.63) is 0 Å². The Labute approximate surface area is 73.1 Å². The van der Waals surface area contributed by atoms with Crippen molar-refractivity contribution >= 4 is 5.91 Å². The van der Waals surface area contributed by atoms with Gasteiger partial charge in [0.1, 0.15) is 0 Å². The maximum absolute atomic E-state index is 11.4. The minimum Gasteiger partial charge on any atom is -0.326 e. The molecule has 1 amide bonds. The Bertz CT molecular complexity index is 189. The van der Waals surface area contributed by atoms with Crippen molar-refractivity contribution in [2.75, 3.05) is 13.1 Å². The van der Waals surface area contributed by atoms with Gasteiger partial charge in [-0.2, -0.15) is 0 Å². The van der Waals surface area contributed by atoms with Gasteiger partial charge in [0.25, 0.3) is 0 Å². The van der Waals surface area contributed by atoms with Gasteiger partial charge >= 0.3 is 0 Å². The van der Waals surface area contributed by atoms with E-state index < -0.39 is 0 Å². The van der Waals surface area contributed by atoms with E-state index in [-0.39, 0.29) is 5.91 Å². The molecule has 1 saturated carbocycles.